The van der Waals surface area contributed by atoms with Crippen LogP contribution in [0.2, 0.25) is 0 Å². The minimum Gasteiger partial charge on any atom is -0.481 e. The molecule has 2 aromatic rings. The van der Waals surface area contributed by atoms with Crippen molar-refractivity contribution in [3.05, 3.63) is 41.9 Å². The highest BCUT2D eigenvalue weighted by Gasteiger charge is 2.10. The Balaban J connectivity index is 2.06. The Kier molecular flexibility index (Phi) is 3.39. The van der Waals surface area contributed by atoms with E-state index in [1.807, 2.05) is 19.3 Å². The van der Waals surface area contributed by atoms with Gasteiger partial charge in [0.1, 0.15) is 0 Å². The number of aliphatic hydroxyl groups excluding tert-OH is 1. The Morgan fingerprint density at radius 2 is 2.24 bits per heavy atom. The van der Waals surface area contributed by atoms with Gasteiger partial charge in [0.15, 0.2) is 0 Å². The molecule has 1 atom stereocenters. The number of hydrogen-bond acceptors (Lipinski definition) is 4. The van der Waals surface area contributed by atoms with Crippen LogP contribution in [0.25, 0.3) is 0 Å². The van der Waals surface area contributed by atoms with Crippen LogP contribution < -0.4 is 4.74 Å². The van der Waals surface area contributed by atoms with E-state index in [1.54, 1.807) is 30.3 Å². The predicted octanol–water partition coefficient (Wildman–Crippen LogP) is 1.10. The number of nitrogens with zero attached hydrogens (tertiary/aromatic N) is 3. The van der Waals surface area contributed by atoms with Crippen molar-refractivity contribution >= 4 is 0 Å². The minimum absolute atomic E-state index is 0.530. The molecule has 2 aromatic heterocycles. The van der Waals surface area contributed by atoms with Crippen LogP contribution in [0.4, 0.5) is 0 Å². The monoisotopic (exact) mass is 233 g/mol. The van der Waals surface area contributed by atoms with Crippen molar-refractivity contribution in [1.82, 2.24) is 14.8 Å². The SMILES string of the molecule is COc1ccc(C(O)Cc2cnn(C)c2)cn1. The standard InChI is InChI=1S/C12H15N3O2/c1-15-8-9(6-14-15)5-11(16)10-3-4-12(17-2)13-7-10/h3-4,6-8,11,16H,5H2,1-2H3. The van der Waals surface area contributed by atoms with Gasteiger partial charge in [-0.05, 0) is 17.2 Å². The van der Waals surface area contributed by atoms with Crippen molar-refractivity contribution < 1.29 is 9.84 Å². The van der Waals surface area contributed by atoms with Crippen molar-refractivity contribution in [1.29, 1.82) is 0 Å². The predicted molar refractivity (Wildman–Crippen MR) is 62.7 cm³/mol. The topological polar surface area (TPSA) is 60.2 Å². The zero-order valence-electron chi connectivity index (χ0n) is 9.87. The summed E-state index contributed by atoms with van der Waals surface area (Å²) in [5, 5.41) is 14.1. The van der Waals surface area contributed by atoms with Crippen molar-refractivity contribution in [3.63, 3.8) is 0 Å². The lowest BCUT2D eigenvalue weighted by atomic mass is 10.1. The average Bonchev–Trinajstić information content (AvgIpc) is 2.75. The van der Waals surface area contributed by atoms with E-state index in [4.69, 9.17) is 4.74 Å². The summed E-state index contributed by atoms with van der Waals surface area (Å²) in [6.45, 7) is 0. The molecule has 0 aromatic carbocycles. The molecule has 2 rings (SSSR count). The third-order valence-electron chi connectivity index (χ3n) is 2.54. The van der Waals surface area contributed by atoms with Crippen molar-refractivity contribution in [3.8, 4) is 5.88 Å². The molecule has 90 valence electrons. The number of pyridine rings is 1. The number of aromatic nitrogens is 3. The largest absolute Gasteiger partial charge is 0.481 e. The average molecular weight is 233 g/mol. The smallest absolute Gasteiger partial charge is 0.212 e. The van der Waals surface area contributed by atoms with Gasteiger partial charge in [0.05, 0.1) is 19.4 Å². The fraction of sp³-hybridized carbons (Fsp3) is 0.333. The van der Waals surface area contributed by atoms with Crippen LogP contribution in [-0.4, -0.2) is 27.0 Å². The van der Waals surface area contributed by atoms with Crippen LogP contribution in [0.15, 0.2) is 30.7 Å². The summed E-state index contributed by atoms with van der Waals surface area (Å²) in [5.41, 5.74) is 1.77. The fourth-order valence-electron chi connectivity index (χ4n) is 1.63. The van der Waals surface area contributed by atoms with Gasteiger partial charge in [-0.2, -0.15) is 5.10 Å². The summed E-state index contributed by atoms with van der Waals surface area (Å²) < 4.78 is 6.68. The molecular formula is C12H15N3O2. The van der Waals surface area contributed by atoms with E-state index in [0.717, 1.165) is 11.1 Å². The number of rotatable bonds is 4. The van der Waals surface area contributed by atoms with Crippen molar-refractivity contribution in [2.75, 3.05) is 7.11 Å². The molecule has 0 aliphatic rings. The molecule has 1 N–H and O–H groups in total. The summed E-state index contributed by atoms with van der Waals surface area (Å²) in [6, 6.07) is 3.55. The second-order valence-corrected chi connectivity index (χ2v) is 3.88. The summed E-state index contributed by atoms with van der Waals surface area (Å²) in [6.07, 6.45) is 5.22. The summed E-state index contributed by atoms with van der Waals surface area (Å²) in [7, 11) is 3.42. The van der Waals surface area contributed by atoms with Gasteiger partial charge < -0.3 is 9.84 Å². The Hall–Kier alpha value is -1.88. The number of methoxy groups -OCH3 is 1. The van der Waals surface area contributed by atoms with E-state index in [0.29, 0.717) is 12.3 Å². The third kappa shape index (κ3) is 2.82. The van der Waals surface area contributed by atoms with Gasteiger partial charge in [-0.1, -0.05) is 0 Å². The highest BCUT2D eigenvalue weighted by atomic mass is 16.5. The Morgan fingerprint density at radius 3 is 2.76 bits per heavy atom. The lowest BCUT2D eigenvalue weighted by Crippen LogP contribution is -2.02. The van der Waals surface area contributed by atoms with E-state index in [9.17, 15) is 5.11 Å². The molecular weight excluding hydrogens is 218 g/mol. The molecule has 0 radical (unpaired) electrons. The summed E-state index contributed by atoms with van der Waals surface area (Å²) in [4.78, 5) is 4.06. The first-order valence-electron chi connectivity index (χ1n) is 5.34. The van der Waals surface area contributed by atoms with Gasteiger partial charge in [0.2, 0.25) is 5.88 Å². The maximum absolute atomic E-state index is 10.0. The van der Waals surface area contributed by atoms with Crippen LogP contribution >= 0.6 is 0 Å². The Bertz CT molecular complexity index is 479. The van der Waals surface area contributed by atoms with Crippen molar-refractivity contribution in [2.24, 2.45) is 7.05 Å². The lowest BCUT2D eigenvalue weighted by molar-refractivity contribution is 0.178. The van der Waals surface area contributed by atoms with Crippen LogP contribution in [-0.2, 0) is 13.5 Å². The number of aliphatic hydroxyl groups is 1. The van der Waals surface area contributed by atoms with Gasteiger partial charge in [0.25, 0.3) is 0 Å². The second-order valence-electron chi connectivity index (χ2n) is 3.88. The molecule has 5 nitrogen and oxygen atoms in total. The molecule has 0 spiro atoms. The van der Waals surface area contributed by atoms with E-state index >= 15 is 0 Å². The molecule has 1 unspecified atom stereocenters. The molecule has 17 heavy (non-hydrogen) atoms. The summed E-state index contributed by atoms with van der Waals surface area (Å²) in [5.74, 6) is 0.544. The highest BCUT2D eigenvalue weighted by Crippen LogP contribution is 2.18. The van der Waals surface area contributed by atoms with Crippen LogP contribution in [0.1, 0.15) is 17.2 Å². The first-order chi connectivity index (χ1) is 8.19. The first kappa shape index (κ1) is 11.6. The maximum atomic E-state index is 10.0. The first-order valence-corrected chi connectivity index (χ1v) is 5.34. The number of hydrogen-bond donors (Lipinski definition) is 1. The van der Waals surface area contributed by atoms with E-state index in [-0.39, 0.29) is 0 Å². The second kappa shape index (κ2) is 4.97. The zero-order valence-corrected chi connectivity index (χ0v) is 9.87. The Labute approximate surface area is 99.7 Å². The van der Waals surface area contributed by atoms with Crippen LogP contribution in [0.5, 0.6) is 5.88 Å². The summed E-state index contributed by atoms with van der Waals surface area (Å²) >= 11 is 0. The molecule has 0 saturated heterocycles. The van der Waals surface area contributed by atoms with Gasteiger partial charge in [0, 0.05) is 31.9 Å². The maximum Gasteiger partial charge on any atom is 0.212 e. The van der Waals surface area contributed by atoms with Crippen molar-refractivity contribution in [2.45, 2.75) is 12.5 Å². The molecule has 0 bridgehead atoms. The van der Waals surface area contributed by atoms with Crippen LogP contribution in [0.3, 0.4) is 0 Å². The van der Waals surface area contributed by atoms with Gasteiger partial charge >= 0.3 is 0 Å². The number of aryl methyl sites for hydroxylation is 1. The molecule has 0 saturated carbocycles. The quantitative estimate of drug-likeness (QED) is 0.859. The highest BCUT2D eigenvalue weighted by molar-refractivity contribution is 5.21. The normalized spacial score (nSPS) is 12.4. The van der Waals surface area contributed by atoms with E-state index in [2.05, 4.69) is 10.1 Å². The third-order valence-corrected chi connectivity index (χ3v) is 2.54. The number of ether oxygens (including phenoxy) is 1. The zero-order chi connectivity index (χ0) is 12.3. The van der Waals surface area contributed by atoms with E-state index in [1.165, 1.54) is 0 Å². The minimum atomic E-state index is -0.572. The fourth-order valence-corrected chi connectivity index (χ4v) is 1.63. The molecule has 0 aliphatic carbocycles. The Morgan fingerprint density at radius 1 is 1.41 bits per heavy atom. The van der Waals surface area contributed by atoms with Gasteiger partial charge in [-0.15, -0.1) is 0 Å². The molecule has 0 fully saturated rings. The molecule has 5 heteroatoms. The van der Waals surface area contributed by atoms with E-state index < -0.39 is 6.10 Å². The molecule has 0 aliphatic heterocycles. The molecule has 2 heterocycles. The van der Waals surface area contributed by atoms with Gasteiger partial charge in [-0.25, -0.2) is 4.98 Å². The van der Waals surface area contributed by atoms with Gasteiger partial charge in [-0.3, -0.25) is 4.68 Å². The van der Waals surface area contributed by atoms with Crippen LogP contribution in [0, 0.1) is 0 Å². The molecule has 0 amide bonds. The lowest BCUT2D eigenvalue weighted by Gasteiger charge is -2.09.